The highest BCUT2D eigenvalue weighted by atomic mass is 14.2. The zero-order chi connectivity index (χ0) is 36.9. The van der Waals surface area contributed by atoms with Crippen LogP contribution in [0.4, 0.5) is 0 Å². The van der Waals surface area contributed by atoms with Gasteiger partial charge in [0.05, 0.1) is 16.4 Å². The smallest absolute Gasteiger partial charge is 0.0616 e. The minimum Gasteiger partial charge on any atom is -0.0616 e. The van der Waals surface area contributed by atoms with E-state index in [1.807, 2.05) is 54.6 Å². The van der Waals surface area contributed by atoms with Crippen LogP contribution in [0.25, 0.3) is 76.5 Å². The minimum atomic E-state index is -0.612. The molecule has 0 aromatic heterocycles. The average Bonchev–Trinajstić information content (AvgIpc) is 3.15. The fourth-order valence-corrected chi connectivity index (χ4v) is 5.55. The van der Waals surface area contributed by atoms with Crippen LogP contribution in [-0.2, 0) is 0 Å². The highest BCUT2D eigenvalue weighted by Gasteiger charge is 2.18. The maximum absolute atomic E-state index is 9.62. The fraction of sp³-hybridized carbons (Fsp3) is 0. The van der Waals surface area contributed by atoms with E-state index in [4.69, 9.17) is 8.22 Å². The molecule has 0 unspecified atom stereocenters. The summed E-state index contributed by atoms with van der Waals surface area (Å²) in [5, 5.41) is 2.75. The van der Waals surface area contributed by atoms with Gasteiger partial charge >= 0.3 is 0 Å². The van der Waals surface area contributed by atoms with Crippen molar-refractivity contribution in [3.05, 3.63) is 157 Å². The van der Waals surface area contributed by atoms with Crippen molar-refractivity contribution in [1.29, 1.82) is 0 Å². The Kier molecular flexibility index (Phi) is 3.17. The van der Waals surface area contributed by atoms with Crippen LogP contribution in [0, 0.1) is 0 Å². The Hall–Kier alpha value is -5.20. The molecule has 0 atom stereocenters. The van der Waals surface area contributed by atoms with Gasteiger partial charge < -0.3 is 0 Å². The summed E-state index contributed by atoms with van der Waals surface area (Å²) in [5.41, 5.74) is 0.556. The van der Waals surface area contributed by atoms with Gasteiger partial charge in [-0.1, -0.05) is 145 Å². The second-order valence-electron chi connectivity index (χ2n) is 9.59. The van der Waals surface area contributed by atoms with Crippen molar-refractivity contribution in [1.82, 2.24) is 0 Å². The molecular formula is C40H26. The second kappa shape index (κ2) is 9.22. The molecule has 0 amide bonds. The van der Waals surface area contributed by atoms with Crippen LogP contribution in [0.1, 0.15) is 16.4 Å². The largest absolute Gasteiger partial charge is 0.0636 e. The normalized spacial score (nSPS) is 15.7. The van der Waals surface area contributed by atoms with Crippen molar-refractivity contribution in [2.45, 2.75) is 0 Å². The van der Waals surface area contributed by atoms with Crippen LogP contribution >= 0.6 is 0 Å². The Bertz CT molecular complexity index is 2790. The highest BCUT2D eigenvalue weighted by Crippen LogP contribution is 2.45. The Morgan fingerprint density at radius 1 is 0.375 bits per heavy atom. The summed E-state index contributed by atoms with van der Waals surface area (Å²) in [6.45, 7) is 0. The van der Waals surface area contributed by atoms with E-state index in [2.05, 4.69) is 0 Å². The predicted octanol–water partition coefficient (Wildman–Crippen LogP) is 11.3. The molecule has 0 saturated carbocycles. The first-order valence-corrected chi connectivity index (χ1v) is 12.9. The van der Waals surface area contributed by atoms with Gasteiger partial charge in [-0.25, -0.2) is 0 Å². The molecule has 0 heterocycles. The Morgan fingerprint density at radius 2 is 0.975 bits per heavy atom. The van der Waals surface area contributed by atoms with Crippen LogP contribution in [0.5, 0.6) is 0 Å². The maximum atomic E-state index is 9.62. The van der Waals surface area contributed by atoms with E-state index in [9.17, 15) is 8.22 Å². The van der Waals surface area contributed by atoms with Gasteiger partial charge in [-0.05, 0) is 88.6 Å². The monoisotopic (exact) mass is 518 g/mol. The van der Waals surface area contributed by atoms with Crippen LogP contribution in [0.2, 0.25) is 0 Å². The Labute approximate surface area is 250 Å². The molecule has 0 fully saturated rings. The summed E-state index contributed by atoms with van der Waals surface area (Å²) in [6, 6.07) is 19.2. The molecule has 8 aromatic carbocycles. The molecule has 0 saturated heterocycles. The van der Waals surface area contributed by atoms with Crippen molar-refractivity contribution < 1.29 is 16.4 Å². The summed E-state index contributed by atoms with van der Waals surface area (Å²) >= 11 is 0. The number of hydrogen-bond acceptors (Lipinski definition) is 0. The van der Waals surface area contributed by atoms with Crippen molar-refractivity contribution in [3.63, 3.8) is 0 Å². The quantitative estimate of drug-likeness (QED) is 0.204. The van der Waals surface area contributed by atoms with Gasteiger partial charge in [0, 0.05) is 0 Å². The lowest BCUT2D eigenvalue weighted by atomic mass is 9.84. The Morgan fingerprint density at radius 3 is 1.73 bits per heavy atom. The third-order valence-electron chi connectivity index (χ3n) is 7.35. The van der Waals surface area contributed by atoms with Gasteiger partial charge in [-0.15, -0.1) is 0 Å². The average molecular weight is 519 g/mol. The molecule has 40 heavy (non-hydrogen) atoms. The third-order valence-corrected chi connectivity index (χ3v) is 7.35. The van der Waals surface area contributed by atoms with E-state index in [1.165, 1.54) is 0 Å². The first kappa shape index (κ1) is 13.7. The van der Waals surface area contributed by atoms with E-state index in [1.54, 1.807) is 30.3 Å². The molecule has 8 aromatic rings. The highest BCUT2D eigenvalue weighted by molar-refractivity contribution is 6.23. The van der Waals surface area contributed by atoms with Gasteiger partial charge in [0.1, 0.15) is 0 Å². The van der Waals surface area contributed by atoms with Gasteiger partial charge in [-0.2, -0.15) is 0 Å². The number of rotatable bonds is 3. The van der Waals surface area contributed by atoms with Crippen molar-refractivity contribution in [3.8, 4) is 33.4 Å². The van der Waals surface area contributed by atoms with Crippen LogP contribution in [-0.4, -0.2) is 0 Å². The van der Waals surface area contributed by atoms with Gasteiger partial charge in [0.15, 0.2) is 0 Å². The molecule has 0 nitrogen and oxygen atoms in total. The van der Waals surface area contributed by atoms with E-state index in [0.717, 1.165) is 16.2 Å². The fourth-order valence-electron chi connectivity index (χ4n) is 5.55. The van der Waals surface area contributed by atoms with Crippen LogP contribution in [0.3, 0.4) is 0 Å². The van der Waals surface area contributed by atoms with Crippen molar-refractivity contribution >= 4 is 43.1 Å². The van der Waals surface area contributed by atoms with Gasteiger partial charge in [0.2, 0.25) is 0 Å². The maximum Gasteiger partial charge on any atom is 0.0636 e. The number of hydrogen-bond donors (Lipinski definition) is 0. The SMILES string of the molecule is [2H]c1c([2H])c(-c2ccc3ccccc3c2)c([2H])c(-c2c3c([2H])c([2H])c([2H])c([2H])c3c(-c3cccc4ccccc34)c3c([2H])c([2H])c([2H])c([2H])c23)c1[2H]. The second-order valence-corrected chi connectivity index (χ2v) is 9.59. The standard InChI is InChI=1S/C40H26/c1-2-13-29-25-31(24-23-27(29)11-1)30-15-9-16-32(26-30)39-35-18-5-7-20-37(35)40(38-21-8-6-19-36(38)39)34-22-10-14-28-12-3-4-17-33(28)34/h1-26H/i5D,6D,7D,8D,9D,15D,16D,18D,19D,20D,21D,26D. The summed E-state index contributed by atoms with van der Waals surface area (Å²) < 4.78 is 109. The molecule has 0 radical (unpaired) electrons. The molecule has 8 rings (SSSR count). The van der Waals surface area contributed by atoms with Gasteiger partial charge in [0.25, 0.3) is 0 Å². The molecule has 0 aliphatic carbocycles. The van der Waals surface area contributed by atoms with E-state index < -0.39 is 60.4 Å². The molecule has 0 spiro atoms. The summed E-state index contributed by atoms with van der Waals surface area (Å²) in [6.07, 6.45) is 0. The molecule has 0 aliphatic rings. The molecule has 186 valence electrons. The molecule has 0 heteroatoms. The molecular weight excluding hydrogens is 480 g/mol. The van der Waals surface area contributed by atoms with E-state index in [0.29, 0.717) is 16.5 Å². The molecule has 0 N–H and O–H groups in total. The summed E-state index contributed by atoms with van der Waals surface area (Å²) in [4.78, 5) is 0. The number of fused-ring (bicyclic) bond motifs is 4. The zero-order valence-electron chi connectivity index (χ0n) is 33.1. The lowest BCUT2D eigenvalue weighted by molar-refractivity contribution is 1.63. The summed E-state index contributed by atoms with van der Waals surface area (Å²) in [5.74, 6) is 0. The Balaban J connectivity index is 1.68. The molecule has 0 aliphatic heterocycles. The topological polar surface area (TPSA) is 0 Å². The summed E-state index contributed by atoms with van der Waals surface area (Å²) in [7, 11) is 0. The van der Waals surface area contributed by atoms with E-state index >= 15 is 0 Å². The van der Waals surface area contributed by atoms with E-state index in [-0.39, 0.29) is 55.9 Å². The first-order valence-electron chi connectivity index (χ1n) is 18.9. The van der Waals surface area contributed by atoms with Gasteiger partial charge in [-0.3, -0.25) is 0 Å². The lowest BCUT2D eigenvalue weighted by Gasteiger charge is -2.19. The predicted molar refractivity (Wildman–Crippen MR) is 173 cm³/mol. The van der Waals surface area contributed by atoms with Crippen LogP contribution in [0.15, 0.2) is 157 Å². The van der Waals surface area contributed by atoms with Crippen LogP contribution < -0.4 is 0 Å². The zero-order valence-corrected chi connectivity index (χ0v) is 21.1. The van der Waals surface area contributed by atoms with Crippen molar-refractivity contribution in [2.75, 3.05) is 0 Å². The first-order chi connectivity index (χ1) is 24.8. The van der Waals surface area contributed by atoms with Crippen molar-refractivity contribution in [2.24, 2.45) is 0 Å². The minimum absolute atomic E-state index is 0.00264. The number of benzene rings is 8. The lowest BCUT2D eigenvalue weighted by Crippen LogP contribution is -1.92. The molecule has 0 bridgehead atoms. The third kappa shape index (κ3) is 3.61.